The molecular weight excluding hydrogens is 364 g/mol. The SMILES string of the molecule is C=C(Sc1ccccc1C)c1cc(NC(=O)c2ccc(NO)o2)ccc1O. The first-order chi connectivity index (χ1) is 13.0. The molecule has 3 aromatic rings. The molecule has 0 saturated heterocycles. The molecule has 2 aromatic carbocycles. The molecule has 1 heterocycles. The minimum atomic E-state index is -0.481. The minimum Gasteiger partial charge on any atom is -0.507 e. The van der Waals surface area contributed by atoms with Crippen molar-refractivity contribution in [2.24, 2.45) is 0 Å². The number of aromatic hydroxyl groups is 1. The van der Waals surface area contributed by atoms with Gasteiger partial charge < -0.3 is 14.8 Å². The lowest BCUT2D eigenvalue weighted by Crippen LogP contribution is -2.11. The molecular formula is C20H18N2O4S. The Labute approximate surface area is 160 Å². The van der Waals surface area contributed by atoms with Crippen LogP contribution in [-0.4, -0.2) is 16.2 Å². The fourth-order valence-corrected chi connectivity index (χ4v) is 3.32. The summed E-state index contributed by atoms with van der Waals surface area (Å²) in [4.78, 5) is 13.9. The molecule has 6 nitrogen and oxygen atoms in total. The summed E-state index contributed by atoms with van der Waals surface area (Å²) < 4.78 is 5.12. The van der Waals surface area contributed by atoms with Gasteiger partial charge in [0.05, 0.1) is 0 Å². The van der Waals surface area contributed by atoms with Crippen LogP contribution in [0.2, 0.25) is 0 Å². The van der Waals surface area contributed by atoms with Crippen LogP contribution >= 0.6 is 11.8 Å². The molecule has 0 spiro atoms. The van der Waals surface area contributed by atoms with Crippen molar-refractivity contribution in [1.82, 2.24) is 0 Å². The maximum absolute atomic E-state index is 12.2. The van der Waals surface area contributed by atoms with E-state index in [1.807, 2.05) is 36.7 Å². The number of phenols is 1. The van der Waals surface area contributed by atoms with Crippen molar-refractivity contribution in [1.29, 1.82) is 0 Å². The second-order valence-corrected chi connectivity index (χ2v) is 6.89. The van der Waals surface area contributed by atoms with Crippen molar-refractivity contribution < 1.29 is 19.5 Å². The van der Waals surface area contributed by atoms with Crippen molar-refractivity contribution in [2.45, 2.75) is 11.8 Å². The third-order valence-corrected chi connectivity index (χ3v) is 4.97. The van der Waals surface area contributed by atoms with Crippen molar-refractivity contribution in [3.63, 3.8) is 0 Å². The molecule has 0 saturated carbocycles. The standard InChI is InChI=1S/C20H18N2O4S/c1-12-5-3-4-6-18(12)27-13(2)15-11-14(7-8-16(15)23)21-20(24)17-9-10-19(22-25)26-17/h3-11,22-23,25H,2H2,1H3,(H,21,24). The van der Waals surface area contributed by atoms with Gasteiger partial charge in [0.25, 0.3) is 5.91 Å². The number of nitrogens with one attached hydrogen (secondary N) is 2. The Hall–Kier alpha value is -3.16. The van der Waals surface area contributed by atoms with Gasteiger partial charge in [0.2, 0.25) is 5.88 Å². The molecule has 1 amide bonds. The van der Waals surface area contributed by atoms with Crippen LogP contribution in [0.1, 0.15) is 21.7 Å². The second-order valence-electron chi connectivity index (χ2n) is 5.75. The zero-order chi connectivity index (χ0) is 19.4. The van der Waals surface area contributed by atoms with Gasteiger partial charge in [-0.1, -0.05) is 36.5 Å². The fraction of sp³-hybridized carbons (Fsp3) is 0.0500. The van der Waals surface area contributed by atoms with E-state index in [0.29, 0.717) is 16.2 Å². The molecule has 0 atom stereocenters. The van der Waals surface area contributed by atoms with E-state index in [1.54, 1.807) is 12.1 Å². The largest absolute Gasteiger partial charge is 0.507 e. The molecule has 0 aliphatic rings. The normalized spacial score (nSPS) is 10.4. The summed E-state index contributed by atoms with van der Waals surface area (Å²) in [5.74, 6) is -0.307. The van der Waals surface area contributed by atoms with Crippen LogP contribution in [0.4, 0.5) is 11.6 Å². The third kappa shape index (κ3) is 4.33. The average molecular weight is 382 g/mol. The Morgan fingerprint density at radius 2 is 1.93 bits per heavy atom. The molecule has 4 N–H and O–H groups in total. The molecule has 0 aliphatic heterocycles. The van der Waals surface area contributed by atoms with Crippen molar-refractivity contribution in [3.05, 3.63) is 78.1 Å². The van der Waals surface area contributed by atoms with Gasteiger partial charge in [-0.3, -0.25) is 10.0 Å². The number of thioether (sulfide) groups is 1. The Morgan fingerprint density at radius 1 is 1.15 bits per heavy atom. The van der Waals surface area contributed by atoms with Crippen LogP contribution in [0.25, 0.3) is 4.91 Å². The predicted octanol–water partition coefficient (Wildman–Crippen LogP) is 5.11. The summed E-state index contributed by atoms with van der Waals surface area (Å²) in [6.45, 7) is 6.06. The molecule has 0 aliphatic carbocycles. The lowest BCUT2D eigenvalue weighted by molar-refractivity contribution is 0.0997. The number of hydrogen-bond donors (Lipinski definition) is 4. The van der Waals surface area contributed by atoms with Crippen molar-refractivity contribution >= 4 is 34.1 Å². The van der Waals surface area contributed by atoms with Crippen LogP contribution in [0.15, 0.2) is 70.5 Å². The highest BCUT2D eigenvalue weighted by atomic mass is 32.2. The second kappa shape index (κ2) is 8.03. The first kappa shape index (κ1) is 18.6. The van der Waals surface area contributed by atoms with E-state index in [4.69, 9.17) is 9.62 Å². The molecule has 0 unspecified atom stereocenters. The highest BCUT2D eigenvalue weighted by molar-refractivity contribution is 8.08. The maximum atomic E-state index is 12.2. The molecule has 0 radical (unpaired) electrons. The number of rotatable bonds is 6. The summed E-state index contributed by atoms with van der Waals surface area (Å²) in [5.41, 5.74) is 3.95. The quantitative estimate of drug-likeness (QED) is 0.269. The maximum Gasteiger partial charge on any atom is 0.291 e. The van der Waals surface area contributed by atoms with E-state index < -0.39 is 5.91 Å². The van der Waals surface area contributed by atoms with Gasteiger partial charge in [-0.15, -0.1) is 0 Å². The van der Waals surface area contributed by atoms with Gasteiger partial charge in [-0.25, -0.2) is 5.48 Å². The molecule has 0 bridgehead atoms. The fourth-order valence-electron chi connectivity index (χ4n) is 2.41. The zero-order valence-corrected chi connectivity index (χ0v) is 15.3. The molecule has 138 valence electrons. The lowest BCUT2D eigenvalue weighted by Gasteiger charge is -2.12. The number of aryl methyl sites for hydroxylation is 1. The number of carbonyl (C=O) groups excluding carboxylic acids is 1. The number of anilines is 2. The Morgan fingerprint density at radius 3 is 2.63 bits per heavy atom. The van der Waals surface area contributed by atoms with Crippen LogP contribution in [0.3, 0.4) is 0 Å². The van der Waals surface area contributed by atoms with Crippen molar-refractivity contribution in [2.75, 3.05) is 10.8 Å². The monoisotopic (exact) mass is 382 g/mol. The molecule has 7 heteroatoms. The van der Waals surface area contributed by atoms with Gasteiger partial charge in [-0.2, -0.15) is 0 Å². The number of amides is 1. The number of carbonyl (C=O) groups is 1. The Bertz CT molecular complexity index is 997. The third-order valence-electron chi connectivity index (χ3n) is 3.82. The molecule has 27 heavy (non-hydrogen) atoms. The van der Waals surface area contributed by atoms with Gasteiger partial charge in [0.1, 0.15) is 5.75 Å². The van der Waals surface area contributed by atoms with Gasteiger partial charge in [-0.05, 0) is 42.8 Å². The van der Waals surface area contributed by atoms with E-state index in [0.717, 1.165) is 10.5 Å². The number of benzene rings is 2. The van der Waals surface area contributed by atoms with Crippen molar-refractivity contribution in [3.8, 4) is 5.75 Å². The first-order valence-corrected chi connectivity index (χ1v) is 8.86. The summed E-state index contributed by atoms with van der Waals surface area (Å²) in [6, 6.07) is 15.5. The van der Waals surface area contributed by atoms with Crippen LogP contribution in [-0.2, 0) is 0 Å². The zero-order valence-electron chi connectivity index (χ0n) is 14.5. The average Bonchev–Trinajstić information content (AvgIpc) is 3.14. The Balaban J connectivity index is 1.78. The summed E-state index contributed by atoms with van der Waals surface area (Å²) in [5, 5.41) is 21.7. The first-order valence-electron chi connectivity index (χ1n) is 8.05. The Kier molecular flexibility index (Phi) is 5.54. The van der Waals surface area contributed by atoms with Crippen LogP contribution in [0.5, 0.6) is 5.75 Å². The number of hydrogen-bond acceptors (Lipinski definition) is 6. The predicted molar refractivity (Wildman–Crippen MR) is 106 cm³/mol. The number of furan rings is 1. The molecule has 0 fully saturated rings. The van der Waals surface area contributed by atoms with Gasteiger partial charge in [0.15, 0.2) is 5.76 Å². The minimum absolute atomic E-state index is 0.0364. The van der Waals surface area contributed by atoms with E-state index in [1.165, 1.54) is 30.0 Å². The number of phenolic OH excluding ortho intramolecular Hbond substituents is 1. The van der Waals surface area contributed by atoms with Crippen LogP contribution in [0, 0.1) is 6.92 Å². The van der Waals surface area contributed by atoms with Gasteiger partial charge in [0, 0.05) is 27.1 Å². The van der Waals surface area contributed by atoms with E-state index in [2.05, 4.69) is 11.9 Å². The summed E-state index contributed by atoms with van der Waals surface area (Å²) in [6.07, 6.45) is 0. The highest BCUT2D eigenvalue weighted by Gasteiger charge is 2.14. The van der Waals surface area contributed by atoms with E-state index in [9.17, 15) is 9.90 Å². The highest BCUT2D eigenvalue weighted by Crippen LogP contribution is 2.39. The van der Waals surface area contributed by atoms with Crippen LogP contribution < -0.4 is 10.8 Å². The van der Waals surface area contributed by atoms with Gasteiger partial charge >= 0.3 is 0 Å². The molecule has 3 rings (SSSR count). The topological polar surface area (TPSA) is 94.7 Å². The lowest BCUT2D eigenvalue weighted by atomic mass is 10.1. The smallest absolute Gasteiger partial charge is 0.291 e. The van der Waals surface area contributed by atoms with E-state index >= 15 is 0 Å². The van der Waals surface area contributed by atoms with E-state index in [-0.39, 0.29) is 17.4 Å². The molecule has 1 aromatic heterocycles. The summed E-state index contributed by atoms with van der Waals surface area (Å²) in [7, 11) is 0. The summed E-state index contributed by atoms with van der Waals surface area (Å²) >= 11 is 1.45.